The van der Waals surface area contributed by atoms with Gasteiger partial charge in [0, 0.05) is 16.3 Å². The number of thioether (sulfide) groups is 1. The number of carbonyl (C=O) groups excluding carboxylic acids is 2. The van der Waals surface area contributed by atoms with Gasteiger partial charge in [0.2, 0.25) is 5.91 Å². The van der Waals surface area contributed by atoms with Gasteiger partial charge in [0.1, 0.15) is 5.75 Å². The second-order valence-electron chi connectivity index (χ2n) is 7.80. The summed E-state index contributed by atoms with van der Waals surface area (Å²) in [5.41, 5.74) is 1.25. The van der Waals surface area contributed by atoms with E-state index in [0.717, 1.165) is 23.5 Å². The van der Waals surface area contributed by atoms with Crippen molar-refractivity contribution in [1.82, 2.24) is 0 Å². The van der Waals surface area contributed by atoms with Crippen LogP contribution in [0.25, 0.3) is 0 Å². The summed E-state index contributed by atoms with van der Waals surface area (Å²) in [6, 6.07) is 20.4. The van der Waals surface area contributed by atoms with Crippen LogP contribution >= 0.6 is 11.8 Å². The fourth-order valence-corrected chi connectivity index (χ4v) is 4.02. The topological polar surface area (TPSA) is 105 Å². The number of unbranched alkanes of at least 4 members (excludes halogenated alkanes) is 1. The van der Waals surface area contributed by atoms with Gasteiger partial charge in [0.05, 0.1) is 23.0 Å². The molecule has 3 N–H and O–H groups in total. The van der Waals surface area contributed by atoms with Gasteiger partial charge >= 0.3 is 5.97 Å². The average Bonchev–Trinajstić information content (AvgIpc) is 2.86. The molecule has 0 fully saturated rings. The molecular weight excluding hydrogens is 464 g/mol. The Labute approximate surface area is 208 Å². The summed E-state index contributed by atoms with van der Waals surface area (Å²) in [7, 11) is 0. The van der Waals surface area contributed by atoms with E-state index < -0.39 is 11.9 Å². The molecule has 0 saturated heterocycles. The minimum Gasteiger partial charge on any atom is -0.494 e. The maximum absolute atomic E-state index is 12.6. The van der Waals surface area contributed by atoms with Crippen molar-refractivity contribution in [1.29, 1.82) is 0 Å². The molecule has 1 atom stereocenters. The molecule has 8 heteroatoms. The van der Waals surface area contributed by atoms with Crippen molar-refractivity contribution >= 4 is 40.9 Å². The number of benzene rings is 3. The van der Waals surface area contributed by atoms with Gasteiger partial charge in [-0.3, -0.25) is 9.59 Å². The summed E-state index contributed by atoms with van der Waals surface area (Å²) in [6.45, 7) is 4.60. The lowest BCUT2D eigenvalue weighted by Crippen LogP contribution is -2.22. The third-order valence-electron chi connectivity index (χ3n) is 5.08. The van der Waals surface area contributed by atoms with Gasteiger partial charge in [-0.05, 0) is 74.0 Å². The van der Waals surface area contributed by atoms with Gasteiger partial charge in [-0.25, -0.2) is 4.79 Å². The van der Waals surface area contributed by atoms with Crippen molar-refractivity contribution in [2.45, 2.75) is 36.8 Å². The summed E-state index contributed by atoms with van der Waals surface area (Å²) in [4.78, 5) is 37.3. The van der Waals surface area contributed by atoms with Crippen molar-refractivity contribution in [3.8, 4) is 5.75 Å². The zero-order valence-corrected chi connectivity index (χ0v) is 20.4. The molecule has 182 valence electrons. The SMILES string of the molecule is CCCCOc1ccc(NC(=O)C(C)Sc2ccc(NC(=O)c3ccccc3C(=O)O)cc2)cc1. The van der Waals surface area contributed by atoms with Crippen molar-refractivity contribution in [2.75, 3.05) is 17.2 Å². The van der Waals surface area contributed by atoms with Gasteiger partial charge < -0.3 is 20.5 Å². The predicted octanol–water partition coefficient (Wildman–Crippen LogP) is 5.94. The highest BCUT2D eigenvalue weighted by Gasteiger charge is 2.17. The lowest BCUT2D eigenvalue weighted by atomic mass is 10.1. The van der Waals surface area contributed by atoms with E-state index in [1.165, 1.54) is 23.9 Å². The Morgan fingerprint density at radius 3 is 2.11 bits per heavy atom. The van der Waals surface area contributed by atoms with E-state index in [4.69, 9.17) is 4.74 Å². The van der Waals surface area contributed by atoms with Crippen LogP contribution in [-0.2, 0) is 4.79 Å². The molecule has 0 heterocycles. The van der Waals surface area contributed by atoms with Crippen LogP contribution in [0.2, 0.25) is 0 Å². The first-order valence-electron chi connectivity index (χ1n) is 11.3. The molecule has 1 unspecified atom stereocenters. The third kappa shape index (κ3) is 7.61. The van der Waals surface area contributed by atoms with Gasteiger partial charge in [-0.15, -0.1) is 11.8 Å². The summed E-state index contributed by atoms with van der Waals surface area (Å²) in [5, 5.41) is 14.5. The number of rotatable bonds is 11. The Bertz CT molecular complexity index is 1160. The van der Waals surface area contributed by atoms with Crippen LogP contribution in [0.1, 0.15) is 47.4 Å². The van der Waals surface area contributed by atoms with Crippen LogP contribution in [0.15, 0.2) is 77.7 Å². The van der Waals surface area contributed by atoms with Crippen molar-refractivity contribution in [2.24, 2.45) is 0 Å². The minimum absolute atomic E-state index is 0.0596. The second-order valence-corrected chi connectivity index (χ2v) is 9.22. The van der Waals surface area contributed by atoms with Crippen LogP contribution in [-0.4, -0.2) is 34.7 Å². The maximum atomic E-state index is 12.6. The number of hydrogen-bond acceptors (Lipinski definition) is 5. The Morgan fingerprint density at radius 1 is 0.886 bits per heavy atom. The molecule has 2 amide bonds. The van der Waals surface area contributed by atoms with Crippen molar-refractivity contribution < 1.29 is 24.2 Å². The van der Waals surface area contributed by atoms with Crippen molar-refractivity contribution in [3.05, 3.63) is 83.9 Å². The number of hydrogen-bond donors (Lipinski definition) is 3. The summed E-state index contributed by atoms with van der Waals surface area (Å²) < 4.78 is 5.64. The van der Waals surface area contributed by atoms with Crippen molar-refractivity contribution in [3.63, 3.8) is 0 Å². The highest BCUT2D eigenvalue weighted by Crippen LogP contribution is 2.26. The second kappa shape index (κ2) is 12.6. The molecule has 35 heavy (non-hydrogen) atoms. The molecule has 0 saturated carbocycles. The molecule has 0 spiro atoms. The molecule has 0 aliphatic rings. The fourth-order valence-electron chi connectivity index (χ4n) is 3.15. The molecule has 0 aliphatic carbocycles. The first-order valence-corrected chi connectivity index (χ1v) is 12.2. The number of amides is 2. The lowest BCUT2D eigenvalue weighted by Gasteiger charge is -2.13. The quantitative estimate of drug-likeness (QED) is 0.226. The van der Waals surface area contributed by atoms with Gasteiger partial charge in [0.25, 0.3) is 5.91 Å². The van der Waals surface area contributed by atoms with E-state index in [9.17, 15) is 19.5 Å². The Hall–Kier alpha value is -3.78. The monoisotopic (exact) mass is 492 g/mol. The van der Waals surface area contributed by atoms with E-state index in [1.807, 2.05) is 31.2 Å². The molecule has 0 aliphatic heterocycles. The smallest absolute Gasteiger partial charge is 0.336 e. The fraction of sp³-hybridized carbons (Fsp3) is 0.222. The van der Waals surface area contributed by atoms with E-state index >= 15 is 0 Å². The van der Waals surface area contributed by atoms with Crippen LogP contribution in [0.5, 0.6) is 5.75 Å². The molecule has 0 aromatic heterocycles. The predicted molar refractivity (Wildman–Crippen MR) is 139 cm³/mol. The first kappa shape index (κ1) is 25.8. The zero-order valence-electron chi connectivity index (χ0n) is 19.6. The molecular formula is C27H28N2O5S. The van der Waals surface area contributed by atoms with E-state index in [1.54, 1.807) is 36.4 Å². The number of carboxylic acid groups (broad SMARTS) is 1. The maximum Gasteiger partial charge on any atom is 0.336 e. The van der Waals surface area contributed by atoms with E-state index in [2.05, 4.69) is 17.6 Å². The molecule has 3 aromatic rings. The van der Waals surface area contributed by atoms with Crippen LogP contribution in [0, 0.1) is 0 Å². The molecule has 3 rings (SSSR count). The Balaban J connectivity index is 1.53. The third-order valence-corrected chi connectivity index (χ3v) is 6.20. The van der Waals surface area contributed by atoms with Gasteiger partial charge in [0.15, 0.2) is 0 Å². The highest BCUT2D eigenvalue weighted by molar-refractivity contribution is 8.00. The Morgan fingerprint density at radius 2 is 1.49 bits per heavy atom. The molecule has 7 nitrogen and oxygen atoms in total. The summed E-state index contributed by atoms with van der Waals surface area (Å²) in [6.07, 6.45) is 2.07. The number of ether oxygens (including phenoxy) is 1. The number of carboxylic acids is 1. The van der Waals surface area contributed by atoms with Gasteiger partial charge in [-0.2, -0.15) is 0 Å². The number of aromatic carboxylic acids is 1. The zero-order chi connectivity index (χ0) is 25.2. The summed E-state index contributed by atoms with van der Waals surface area (Å²) in [5.74, 6) is -1.02. The van der Waals surface area contributed by atoms with Gasteiger partial charge in [-0.1, -0.05) is 25.5 Å². The van der Waals surface area contributed by atoms with Crippen LogP contribution < -0.4 is 15.4 Å². The Kier molecular flexibility index (Phi) is 9.31. The standard InChI is InChI=1S/C27H28N2O5S/c1-3-4-17-34-21-13-9-19(10-14-21)28-25(30)18(2)35-22-15-11-20(12-16-22)29-26(31)23-7-5-6-8-24(23)27(32)33/h5-16,18H,3-4,17H2,1-2H3,(H,28,30)(H,29,31)(H,32,33). The lowest BCUT2D eigenvalue weighted by molar-refractivity contribution is -0.115. The first-order chi connectivity index (χ1) is 16.9. The van der Waals surface area contributed by atoms with Crippen LogP contribution in [0.4, 0.5) is 11.4 Å². The van der Waals surface area contributed by atoms with E-state index in [-0.39, 0.29) is 22.3 Å². The average molecular weight is 493 g/mol. The largest absolute Gasteiger partial charge is 0.494 e. The molecule has 3 aromatic carbocycles. The normalized spacial score (nSPS) is 11.4. The van der Waals surface area contributed by atoms with Crippen LogP contribution in [0.3, 0.4) is 0 Å². The number of carbonyl (C=O) groups is 3. The number of anilines is 2. The molecule has 0 radical (unpaired) electrons. The minimum atomic E-state index is -1.16. The van der Waals surface area contributed by atoms with E-state index in [0.29, 0.717) is 18.0 Å². The molecule has 0 bridgehead atoms. The highest BCUT2D eigenvalue weighted by atomic mass is 32.2. The number of nitrogens with one attached hydrogen (secondary N) is 2. The summed E-state index contributed by atoms with van der Waals surface area (Å²) >= 11 is 1.39.